The minimum atomic E-state index is 0.505. The van der Waals surface area contributed by atoms with Gasteiger partial charge in [0.25, 0.3) is 0 Å². The lowest BCUT2D eigenvalue weighted by molar-refractivity contribution is 0.243. The van der Waals surface area contributed by atoms with Crippen molar-refractivity contribution in [1.82, 2.24) is 9.88 Å². The highest BCUT2D eigenvalue weighted by Crippen LogP contribution is 2.31. The molecule has 0 spiro atoms. The zero-order valence-electron chi connectivity index (χ0n) is 10.4. The molecule has 1 aliphatic carbocycles. The Morgan fingerprint density at radius 1 is 1.21 bits per heavy atom. The number of thiophene rings is 1. The molecule has 0 saturated heterocycles. The zero-order valence-corrected chi connectivity index (χ0v) is 12.7. The molecule has 0 atom stereocenters. The number of hydrogen-bond acceptors (Lipinski definition) is 3. The quantitative estimate of drug-likeness (QED) is 0.749. The van der Waals surface area contributed by atoms with Crippen molar-refractivity contribution in [2.45, 2.75) is 32.0 Å². The average molecular weight is 313 g/mol. The van der Waals surface area contributed by atoms with Crippen LogP contribution in [0.3, 0.4) is 0 Å². The first kappa shape index (κ1) is 13.4. The van der Waals surface area contributed by atoms with E-state index in [-0.39, 0.29) is 0 Å². The highest BCUT2D eigenvalue weighted by atomic mass is 35.5. The van der Waals surface area contributed by atoms with Crippen LogP contribution < -0.4 is 0 Å². The van der Waals surface area contributed by atoms with Crippen LogP contribution in [0.4, 0.5) is 0 Å². The van der Waals surface area contributed by atoms with E-state index in [4.69, 9.17) is 23.2 Å². The molecule has 0 N–H and O–H groups in total. The number of aromatic nitrogens is 1. The molecule has 5 heteroatoms. The van der Waals surface area contributed by atoms with Gasteiger partial charge < -0.3 is 0 Å². The Kier molecular flexibility index (Phi) is 4.08. The second-order valence-electron chi connectivity index (χ2n) is 4.83. The van der Waals surface area contributed by atoms with Crippen LogP contribution in [0.1, 0.15) is 24.1 Å². The summed E-state index contributed by atoms with van der Waals surface area (Å²) in [5.41, 5.74) is 2.23. The van der Waals surface area contributed by atoms with Crippen LogP contribution in [0.15, 0.2) is 29.0 Å². The van der Waals surface area contributed by atoms with Gasteiger partial charge in [-0.3, -0.25) is 4.90 Å². The fraction of sp³-hybridized carbons (Fsp3) is 0.357. The van der Waals surface area contributed by atoms with Crippen LogP contribution in [0.5, 0.6) is 0 Å². The van der Waals surface area contributed by atoms with Gasteiger partial charge in [-0.2, -0.15) is 11.3 Å². The van der Waals surface area contributed by atoms with Gasteiger partial charge in [0, 0.05) is 19.1 Å². The number of hydrogen-bond donors (Lipinski definition) is 0. The van der Waals surface area contributed by atoms with E-state index < -0.39 is 0 Å². The van der Waals surface area contributed by atoms with E-state index in [1.807, 2.05) is 6.07 Å². The summed E-state index contributed by atoms with van der Waals surface area (Å²) < 4.78 is 0. The van der Waals surface area contributed by atoms with E-state index in [0.29, 0.717) is 16.2 Å². The van der Waals surface area contributed by atoms with Crippen LogP contribution in [0, 0.1) is 0 Å². The third kappa shape index (κ3) is 3.48. The SMILES string of the molecule is Clc1ccc(Cl)c(CN(Cc2ccsc2)C2CC2)n1. The Balaban J connectivity index is 1.76. The van der Waals surface area contributed by atoms with Crippen LogP contribution in [0.25, 0.3) is 0 Å². The molecule has 1 saturated carbocycles. The van der Waals surface area contributed by atoms with E-state index in [9.17, 15) is 0 Å². The van der Waals surface area contributed by atoms with E-state index >= 15 is 0 Å². The lowest BCUT2D eigenvalue weighted by Gasteiger charge is -2.21. The molecule has 2 aromatic heterocycles. The molecule has 2 heterocycles. The average Bonchev–Trinajstić information content (AvgIpc) is 3.12. The summed E-state index contributed by atoms with van der Waals surface area (Å²) in [6.07, 6.45) is 2.53. The lowest BCUT2D eigenvalue weighted by Crippen LogP contribution is -2.25. The van der Waals surface area contributed by atoms with Crippen LogP contribution >= 0.6 is 34.5 Å². The summed E-state index contributed by atoms with van der Waals surface area (Å²) in [7, 11) is 0. The predicted octanol–water partition coefficient (Wildman–Crippen LogP) is 4.61. The summed E-state index contributed by atoms with van der Waals surface area (Å²) in [6, 6.07) is 6.39. The van der Waals surface area contributed by atoms with Gasteiger partial charge in [0.2, 0.25) is 0 Å². The van der Waals surface area contributed by atoms with Gasteiger partial charge in [0.15, 0.2) is 0 Å². The summed E-state index contributed by atoms with van der Waals surface area (Å²) >= 11 is 13.9. The number of rotatable bonds is 5. The fourth-order valence-corrected chi connectivity index (χ4v) is 3.12. The molecule has 1 aliphatic rings. The Morgan fingerprint density at radius 3 is 2.74 bits per heavy atom. The van der Waals surface area contributed by atoms with E-state index in [0.717, 1.165) is 18.8 Å². The molecule has 1 fully saturated rings. The van der Waals surface area contributed by atoms with E-state index in [1.165, 1.54) is 18.4 Å². The second kappa shape index (κ2) is 5.80. The number of nitrogens with zero attached hydrogens (tertiary/aromatic N) is 2. The summed E-state index contributed by atoms with van der Waals surface area (Å²) in [5.74, 6) is 0. The maximum absolute atomic E-state index is 6.20. The first-order valence-electron chi connectivity index (χ1n) is 6.28. The van der Waals surface area contributed by atoms with Crippen LogP contribution in [-0.2, 0) is 13.1 Å². The maximum atomic E-state index is 6.20. The minimum absolute atomic E-state index is 0.505. The maximum Gasteiger partial charge on any atom is 0.129 e. The molecule has 19 heavy (non-hydrogen) atoms. The van der Waals surface area contributed by atoms with Crippen molar-refractivity contribution in [3.05, 3.63) is 50.4 Å². The van der Waals surface area contributed by atoms with Crippen molar-refractivity contribution in [1.29, 1.82) is 0 Å². The van der Waals surface area contributed by atoms with Gasteiger partial charge in [-0.25, -0.2) is 4.98 Å². The summed E-state index contributed by atoms with van der Waals surface area (Å²) in [4.78, 5) is 6.78. The first-order chi connectivity index (χ1) is 9.22. The second-order valence-corrected chi connectivity index (χ2v) is 6.40. The largest absolute Gasteiger partial charge is 0.290 e. The predicted molar refractivity (Wildman–Crippen MR) is 80.8 cm³/mol. The van der Waals surface area contributed by atoms with Crippen LogP contribution in [0.2, 0.25) is 10.2 Å². The molecule has 0 aliphatic heterocycles. The van der Waals surface area contributed by atoms with Gasteiger partial charge in [0.1, 0.15) is 5.15 Å². The van der Waals surface area contributed by atoms with Crippen molar-refractivity contribution in [2.75, 3.05) is 0 Å². The number of halogens is 2. The molecule has 0 aromatic carbocycles. The molecule has 100 valence electrons. The van der Waals surface area contributed by atoms with Crippen LogP contribution in [-0.4, -0.2) is 15.9 Å². The summed E-state index contributed by atoms with van der Waals surface area (Å²) in [6.45, 7) is 1.72. The Labute approximate surface area is 127 Å². The third-order valence-corrected chi connectivity index (χ3v) is 4.55. The number of pyridine rings is 1. The normalized spacial score (nSPS) is 15.1. The minimum Gasteiger partial charge on any atom is -0.290 e. The summed E-state index contributed by atoms with van der Waals surface area (Å²) in [5, 5.41) is 5.51. The van der Waals surface area contributed by atoms with E-state index in [2.05, 4.69) is 26.7 Å². The van der Waals surface area contributed by atoms with Gasteiger partial charge in [-0.1, -0.05) is 23.2 Å². The molecule has 2 nitrogen and oxygen atoms in total. The standard InChI is InChI=1S/C14H14Cl2N2S/c15-12-3-4-14(16)17-13(12)8-18(11-1-2-11)7-10-5-6-19-9-10/h3-6,9,11H,1-2,7-8H2. The van der Waals surface area contributed by atoms with Crippen molar-refractivity contribution >= 4 is 34.5 Å². The fourth-order valence-electron chi connectivity index (χ4n) is 2.13. The van der Waals surface area contributed by atoms with E-state index in [1.54, 1.807) is 17.4 Å². The molecular formula is C14H14Cl2N2S. The van der Waals surface area contributed by atoms with Gasteiger partial charge in [-0.05, 0) is 47.4 Å². The van der Waals surface area contributed by atoms with Crippen molar-refractivity contribution in [2.24, 2.45) is 0 Å². The molecule has 3 rings (SSSR count). The van der Waals surface area contributed by atoms with Gasteiger partial charge in [-0.15, -0.1) is 0 Å². The third-order valence-electron chi connectivity index (χ3n) is 3.27. The highest BCUT2D eigenvalue weighted by Gasteiger charge is 2.29. The smallest absolute Gasteiger partial charge is 0.129 e. The highest BCUT2D eigenvalue weighted by molar-refractivity contribution is 7.07. The molecular weight excluding hydrogens is 299 g/mol. The van der Waals surface area contributed by atoms with Gasteiger partial charge >= 0.3 is 0 Å². The Morgan fingerprint density at radius 2 is 2.05 bits per heavy atom. The van der Waals surface area contributed by atoms with Crippen molar-refractivity contribution in [3.63, 3.8) is 0 Å². The zero-order chi connectivity index (χ0) is 13.2. The topological polar surface area (TPSA) is 16.1 Å². The van der Waals surface area contributed by atoms with Gasteiger partial charge in [0.05, 0.1) is 10.7 Å². The van der Waals surface area contributed by atoms with Crippen molar-refractivity contribution in [3.8, 4) is 0 Å². The Bertz CT molecular complexity index is 553. The van der Waals surface area contributed by atoms with Crippen molar-refractivity contribution < 1.29 is 0 Å². The Hall–Kier alpha value is -0.610. The molecule has 0 amide bonds. The first-order valence-corrected chi connectivity index (χ1v) is 7.98. The molecule has 0 bridgehead atoms. The molecule has 0 unspecified atom stereocenters. The monoisotopic (exact) mass is 312 g/mol. The lowest BCUT2D eigenvalue weighted by atomic mass is 10.2. The molecule has 2 aromatic rings. The molecule has 0 radical (unpaired) electrons.